The first-order valence-electron chi connectivity index (χ1n) is 6.66. The highest BCUT2D eigenvalue weighted by Gasteiger charge is 2.18. The third-order valence-corrected chi connectivity index (χ3v) is 4.48. The summed E-state index contributed by atoms with van der Waals surface area (Å²) in [5.41, 5.74) is 6.61. The molecule has 1 aromatic carbocycles. The van der Waals surface area contributed by atoms with Crippen LogP contribution in [0.2, 0.25) is 0 Å². The van der Waals surface area contributed by atoms with Gasteiger partial charge in [-0.1, -0.05) is 12.1 Å². The van der Waals surface area contributed by atoms with Crippen LogP contribution in [0, 0.1) is 0 Å². The summed E-state index contributed by atoms with van der Waals surface area (Å²) in [5, 5.41) is 0. The maximum atomic E-state index is 11.8. The third kappa shape index (κ3) is 4.93. The predicted molar refractivity (Wildman–Crippen MR) is 76.7 cm³/mol. The maximum absolute atomic E-state index is 11.8. The highest BCUT2D eigenvalue weighted by molar-refractivity contribution is 7.85. The van der Waals surface area contributed by atoms with Gasteiger partial charge in [-0.2, -0.15) is 0 Å². The quantitative estimate of drug-likeness (QED) is 0.823. The van der Waals surface area contributed by atoms with Gasteiger partial charge in [0.05, 0.1) is 18.5 Å². The molecule has 1 aliphatic heterocycles. The second kappa shape index (κ2) is 7.62. The Hall–Kier alpha value is -0.910. The van der Waals surface area contributed by atoms with E-state index in [4.69, 9.17) is 15.2 Å². The summed E-state index contributed by atoms with van der Waals surface area (Å²) >= 11 is 0. The van der Waals surface area contributed by atoms with Crippen molar-refractivity contribution in [1.29, 1.82) is 0 Å². The van der Waals surface area contributed by atoms with E-state index >= 15 is 0 Å². The second-order valence-electron chi connectivity index (χ2n) is 4.65. The first kappa shape index (κ1) is 14.5. The number of ether oxygens (including phenoxy) is 2. The Morgan fingerprint density at radius 1 is 1.47 bits per heavy atom. The van der Waals surface area contributed by atoms with Crippen LogP contribution in [-0.4, -0.2) is 35.0 Å². The van der Waals surface area contributed by atoms with Gasteiger partial charge in [0.25, 0.3) is 0 Å². The van der Waals surface area contributed by atoms with E-state index < -0.39 is 10.8 Å². The van der Waals surface area contributed by atoms with E-state index in [-0.39, 0.29) is 6.10 Å². The molecule has 1 aliphatic rings. The second-order valence-corrected chi connectivity index (χ2v) is 6.27. The lowest BCUT2D eigenvalue weighted by Crippen LogP contribution is -2.20. The molecule has 1 aromatic rings. The van der Waals surface area contributed by atoms with Gasteiger partial charge < -0.3 is 15.2 Å². The molecule has 2 unspecified atom stereocenters. The van der Waals surface area contributed by atoms with Gasteiger partial charge in [-0.25, -0.2) is 0 Å². The van der Waals surface area contributed by atoms with Crippen molar-refractivity contribution in [3.05, 3.63) is 29.8 Å². The van der Waals surface area contributed by atoms with Gasteiger partial charge in [0.2, 0.25) is 0 Å². The summed E-state index contributed by atoms with van der Waals surface area (Å²) in [4.78, 5) is 0. The van der Waals surface area contributed by atoms with E-state index in [0.29, 0.717) is 24.7 Å². The summed E-state index contributed by atoms with van der Waals surface area (Å²) < 4.78 is 22.9. The van der Waals surface area contributed by atoms with Crippen LogP contribution >= 0.6 is 0 Å². The van der Waals surface area contributed by atoms with Gasteiger partial charge in [0.15, 0.2) is 0 Å². The largest absolute Gasteiger partial charge is 0.493 e. The van der Waals surface area contributed by atoms with Gasteiger partial charge >= 0.3 is 0 Å². The van der Waals surface area contributed by atoms with Crippen LogP contribution in [0.15, 0.2) is 24.3 Å². The number of rotatable bonds is 7. The summed E-state index contributed by atoms with van der Waals surface area (Å²) in [6.45, 7) is 1.78. The fourth-order valence-electron chi connectivity index (χ4n) is 2.08. The lowest BCUT2D eigenvalue weighted by Gasteiger charge is -2.10. The maximum Gasteiger partial charge on any atom is 0.119 e. The molecule has 1 fully saturated rings. The fourth-order valence-corrected chi connectivity index (χ4v) is 3.19. The van der Waals surface area contributed by atoms with Crippen LogP contribution in [-0.2, 0) is 22.1 Å². The van der Waals surface area contributed by atoms with E-state index in [0.717, 1.165) is 30.8 Å². The molecular formula is C14H21NO3S. The number of hydrogen-bond donors (Lipinski definition) is 1. The van der Waals surface area contributed by atoms with Crippen molar-refractivity contribution in [1.82, 2.24) is 0 Å². The molecule has 5 heteroatoms. The number of nitrogens with two attached hydrogens (primary N) is 1. The Morgan fingerprint density at radius 3 is 3.11 bits per heavy atom. The Balaban J connectivity index is 1.68. The average molecular weight is 283 g/mol. The van der Waals surface area contributed by atoms with Crippen LogP contribution in [0.4, 0.5) is 0 Å². The van der Waals surface area contributed by atoms with E-state index in [1.807, 2.05) is 24.3 Å². The normalized spacial score (nSPS) is 20.4. The van der Waals surface area contributed by atoms with E-state index in [1.54, 1.807) is 0 Å². The molecular weight excluding hydrogens is 262 g/mol. The molecule has 0 saturated carbocycles. The van der Waals surface area contributed by atoms with Crippen LogP contribution in [0.5, 0.6) is 5.75 Å². The molecule has 106 valence electrons. The third-order valence-electron chi connectivity index (χ3n) is 3.11. The summed E-state index contributed by atoms with van der Waals surface area (Å²) in [6, 6.07) is 7.69. The average Bonchev–Trinajstić information content (AvgIpc) is 2.92. The lowest BCUT2D eigenvalue weighted by atomic mass is 10.2. The van der Waals surface area contributed by atoms with Gasteiger partial charge in [-0.15, -0.1) is 0 Å². The molecule has 0 amide bonds. The fraction of sp³-hybridized carbons (Fsp3) is 0.571. The monoisotopic (exact) mass is 283 g/mol. The zero-order chi connectivity index (χ0) is 13.5. The molecule has 1 heterocycles. The topological polar surface area (TPSA) is 61.5 Å². The number of benzene rings is 1. The predicted octanol–water partition coefficient (Wildman–Crippen LogP) is 1.45. The standard InChI is InChI=1S/C14H21NO3S/c15-10-12-3-1-4-13(9-12)18-7-8-19(16)11-14-5-2-6-17-14/h1,3-4,9,14H,2,5-8,10-11,15H2. The van der Waals surface area contributed by atoms with Crippen molar-refractivity contribution in [3.63, 3.8) is 0 Å². The molecule has 0 spiro atoms. The zero-order valence-corrected chi connectivity index (χ0v) is 11.9. The van der Waals surface area contributed by atoms with Crippen molar-refractivity contribution in [2.24, 2.45) is 5.73 Å². The van der Waals surface area contributed by atoms with Gasteiger partial charge in [-0.3, -0.25) is 4.21 Å². The molecule has 2 atom stereocenters. The van der Waals surface area contributed by atoms with Gasteiger partial charge in [0, 0.05) is 29.7 Å². The van der Waals surface area contributed by atoms with Crippen LogP contribution in [0.3, 0.4) is 0 Å². The first-order valence-corrected chi connectivity index (χ1v) is 8.15. The van der Waals surface area contributed by atoms with Crippen molar-refractivity contribution in [2.45, 2.75) is 25.5 Å². The Kier molecular flexibility index (Phi) is 5.82. The molecule has 0 aliphatic carbocycles. The highest BCUT2D eigenvalue weighted by Crippen LogP contribution is 2.14. The molecule has 2 N–H and O–H groups in total. The van der Waals surface area contributed by atoms with Crippen LogP contribution in [0.25, 0.3) is 0 Å². The Labute approximate surface area is 116 Å². The van der Waals surface area contributed by atoms with Crippen molar-refractivity contribution < 1.29 is 13.7 Å². The minimum atomic E-state index is -0.865. The van der Waals surface area contributed by atoms with Crippen LogP contribution < -0.4 is 10.5 Å². The highest BCUT2D eigenvalue weighted by atomic mass is 32.2. The summed E-state index contributed by atoms with van der Waals surface area (Å²) in [5.74, 6) is 1.97. The van der Waals surface area contributed by atoms with E-state index in [1.165, 1.54) is 0 Å². The zero-order valence-electron chi connectivity index (χ0n) is 11.0. The van der Waals surface area contributed by atoms with Crippen molar-refractivity contribution in [3.8, 4) is 5.75 Å². The van der Waals surface area contributed by atoms with Crippen molar-refractivity contribution >= 4 is 10.8 Å². The summed E-state index contributed by atoms with van der Waals surface area (Å²) in [6.07, 6.45) is 2.30. The van der Waals surface area contributed by atoms with Crippen molar-refractivity contribution in [2.75, 3.05) is 24.7 Å². The lowest BCUT2D eigenvalue weighted by molar-refractivity contribution is 0.128. The Bertz CT molecular complexity index is 419. The SMILES string of the molecule is NCc1cccc(OCCS(=O)CC2CCCO2)c1. The summed E-state index contributed by atoms with van der Waals surface area (Å²) in [7, 11) is -0.865. The minimum absolute atomic E-state index is 0.182. The first-order chi connectivity index (χ1) is 9.28. The van der Waals surface area contributed by atoms with Crippen LogP contribution in [0.1, 0.15) is 18.4 Å². The molecule has 0 aromatic heterocycles. The Morgan fingerprint density at radius 2 is 2.37 bits per heavy atom. The minimum Gasteiger partial charge on any atom is -0.493 e. The molecule has 0 bridgehead atoms. The van der Waals surface area contributed by atoms with E-state index in [2.05, 4.69) is 0 Å². The molecule has 1 saturated heterocycles. The number of hydrogen-bond acceptors (Lipinski definition) is 4. The molecule has 19 heavy (non-hydrogen) atoms. The molecule has 4 nitrogen and oxygen atoms in total. The van der Waals surface area contributed by atoms with Gasteiger partial charge in [0.1, 0.15) is 5.75 Å². The smallest absolute Gasteiger partial charge is 0.119 e. The van der Waals surface area contributed by atoms with Gasteiger partial charge in [-0.05, 0) is 30.5 Å². The molecule has 2 rings (SSSR count). The molecule has 0 radical (unpaired) electrons. The van der Waals surface area contributed by atoms with E-state index in [9.17, 15) is 4.21 Å².